The molecule has 6 fully saturated rings. The van der Waals surface area contributed by atoms with Crippen molar-refractivity contribution in [1.82, 2.24) is 0 Å². The minimum atomic E-state index is 0. The molecule has 272 valence electrons. The number of rotatable bonds is 6. The molecule has 0 radical (unpaired) electrons. The molecule has 4 saturated heterocycles. The van der Waals surface area contributed by atoms with Crippen LogP contribution >= 0.6 is 0 Å². The molecule has 10 atom stereocenters. The van der Waals surface area contributed by atoms with E-state index < -0.39 is 0 Å². The summed E-state index contributed by atoms with van der Waals surface area (Å²) in [5.41, 5.74) is 11.8. The minimum Gasteiger partial charge on any atom is -1.00 e. The van der Waals surface area contributed by atoms with E-state index in [1.807, 2.05) is 0 Å². The van der Waals surface area contributed by atoms with Crippen LogP contribution in [0, 0.1) is 11.8 Å². The van der Waals surface area contributed by atoms with Crippen LogP contribution < -0.4 is 34.6 Å². The lowest BCUT2D eigenvalue weighted by Crippen LogP contribution is -3.00. The summed E-state index contributed by atoms with van der Waals surface area (Å²) in [7, 11) is 0. The normalized spacial score (nSPS) is 43.7. The fourth-order valence-corrected chi connectivity index (χ4v) is 14.6. The standard InChI is InChI=1S/C44H50N4O2.2ClH/c1-3-17-47-19-15-43-35-9-5-7-11-37(35)45-26-34-32-24-40-44(16-20-48(40,18-4-2)28-30(32)14-22-50)36-10-6-8-12-38(36)46(42(34)44)25-33(41(43)45)31(23-39(43)47)29(27-47)13-21-49;;/h3-14,25-26,31-32,39-42,49-50H,1-2,15-24,27-28H2;2*1H/q+2;;/p-2/b29-13+,30-14+,33-25-,34-26-;;/t31-,32-,39-,40-,41?,42?,43+,44+,47-,48-;;/m0../s1. The minimum absolute atomic E-state index is 0. The molecule has 2 aliphatic carbocycles. The van der Waals surface area contributed by atoms with Crippen LogP contribution in [-0.4, -0.2) is 95.8 Å². The van der Waals surface area contributed by atoms with Crippen molar-refractivity contribution in [3.63, 3.8) is 0 Å². The molecular weight excluding hydrogens is 687 g/mol. The second kappa shape index (κ2) is 11.7. The lowest BCUT2D eigenvalue weighted by atomic mass is 9.56. The molecule has 2 saturated carbocycles. The first kappa shape index (κ1) is 34.7. The summed E-state index contributed by atoms with van der Waals surface area (Å²) in [6.07, 6.45) is 18.6. The van der Waals surface area contributed by atoms with Gasteiger partial charge in [0.15, 0.2) is 0 Å². The highest BCUT2D eigenvalue weighted by molar-refractivity contribution is 5.77. The summed E-state index contributed by atoms with van der Waals surface area (Å²) in [4.78, 5) is 5.54. The highest BCUT2D eigenvalue weighted by Crippen LogP contribution is 2.69. The number of quaternary nitrogens is 2. The maximum absolute atomic E-state index is 10.5. The van der Waals surface area contributed by atoms with E-state index in [-0.39, 0.29) is 60.9 Å². The van der Waals surface area contributed by atoms with Crippen LogP contribution in [-0.2, 0) is 10.8 Å². The number of fused-ring (bicyclic) bond motifs is 8. The molecule has 6 nitrogen and oxygen atoms in total. The molecule has 2 unspecified atom stereocenters. The third kappa shape index (κ3) is 3.82. The van der Waals surface area contributed by atoms with Gasteiger partial charge >= 0.3 is 0 Å². The fraction of sp³-hybridized carbons (Fsp3) is 0.455. The van der Waals surface area contributed by atoms with Gasteiger partial charge in [-0.25, -0.2) is 0 Å². The lowest BCUT2D eigenvalue weighted by Gasteiger charge is -2.59. The lowest BCUT2D eigenvalue weighted by molar-refractivity contribution is -0.937. The molecule has 0 aromatic heterocycles. The van der Waals surface area contributed by atoms with Gasteiger partial charge in [-0.05, 0) is 57.7 Å². The van der Waals surface area contributed by atoms with Crippen molar-refractivity contribution in [1.29, 1.82) is 0 Å². The Bertz CT molecular complexity index is 1860. The van der Waals surface area contributed by atoms with E-state index in [1.165, 1.54) is 33.6 Å². The molecular formula is C44H50Cl2N4O2. The number of nitrogens with zero attached hydrogens (tertiary/aromatic N) is 4. The number of hydrogen-bond acceptors (Lipinski definition) is 4. The van der Waals surface area contributed by atoms with Gasteiger partial charge in [-0.3, -0.25) is 0 Å². The Balaban J connectivity index is 0.00000180. The zero-order valence-electron chi connectivity index (χ0n) is 29.9. The zero-order chi connectivity index (χ0) is 33.6. The maximum atomic E-state index is 10.5. The van der Waals surface area contributed by atoms with Gasteiger partial charge in [0.05, 0.1) is 62.3 Å². The first-order valence-corrected chi connectivity index (χ1v) is 19.2. The maximum Gasteiger partial charge on any atom is 0.103 e. The van der Waals surface area contributed by atoms with E-state index in [0.717, 1.165) is 73.9 Å². The Hall–Kier alpha value is -3.10. The summed E-state index contributed by atoms with van der Waals surface area (Å²) < 4.78 is 2.12. The number of anilines is 2. The number of piperidine rings is 2. The van der Waals surface area contributed by atoms with E-state index in [4.69, 9.17) is 0 Å². The molecule has 2 spiro atoms. The first-order valence-electron chi connectivity index (χ1n) is 19.2. The molecule has 0 amide bonds. The van der Waals surface area contributed by atoms with E-state index >= 15 is 0 Å². The van der Waals surface area contributed by atoms with Crippen LogP contribution in [0.2, 0.25) is 0 Å². The molecule has 2 aromatic carbocycles. The SMILES string of the molecule is C=CC[N@@+]12CC[C@]34c5ccccc5N5/C=C6\C7N(/C=C(\C53)[C@@H](C[C@@H]41)/C(=C/CO)C2)c1ccccc1[C@@]71CC[N@@+]2(CC=C)C/C(=C\CO)[C@@H]6C[C@@H]12.[Cl-].[Cl-]. The van der Waals surface area contributed by atoms with Crippen molar-refractivity contribution < 1.29 is 44.0 Å². The molecule has 8 heteroatoms. The number of hydrogen-bond donors (Lipinski definition) is 2. The first-order chi connectivity index (χ1) is 24.5. The van der Waals surface area contributed by atoms with Gasteiger partial charge in [-0.1, -0.05) is 61.7 Å². The number of para-hydroxylation sites is 2. The highest BCUT2D eigenvalue weighted by atomic mass is 35.5. The van der Waals surface area contributed by atoms with Gasteiger partial charge in [0, 0.05) is 61.3 Å². The number of aliphatic hydroxyl groups is 2. The molecule has 11 rings (SSSR count). The van der Waals surface area contributed by atoms with Gasteiger partial charge < -0.3 is 53.8 Å². The topological polar surface area (TPSA) is 46.9 Å². The van der Waals surface area contributed by atoms with Crippen molar-refractivity contribution in [2.24, 2.45) is 11.8 Å². The number of halogens is 2. The van der Waals surface area contributed by atoms with Crippen molar-refractivity contribution in [2.75, 3.05) is 62.3 Å². The van der Waals surface area contributed by atoms with Gasteiger partial charge in [0.25, 0.3) is 0 Å². The van der Waals surface area contributed by atoms with Crippen LogP contribution in [0.25, 0.3) is 0 Å². The number of benzene rings is 2. The molecule has 4 bridgehead atoms. The van der Waals surface area contributed by atoms with Crippen LogP contribution in [0.4, 0.5) is 11.4 Å². The van der Waals surface area contributed by atoms with Gasteiger partial charge in [0.2, 0.25) is 0 Å². The Morgan fingerprint density at radius 2 is 1.10 bits per heavy atom. The number of aliphatic hydroxyl groups excluding tert-OH is 2. The van der Waals surface area contributed by atoms with E-state index in [9.17, 15) is 10.2 Å². The zero-order valence-corrected chi connectivity index (χ0v) is 31.4. The summed E-state index contributed by atoms with van der Waals surface area (Å²) in [6.45, 7) is 15.0. The molecule has 52 heavy (non-hydrogen) atoms. The largest absolute Gasteiger partial charge is 1.00 e. The van der Waals surface area contributed by atoms with Crippen molar-refractivity contribution in [2.45, 2.75) is 60.7 Å². The predicted molar refractivity (Wildman–Crippen MR) is 198 cm³/mol. The van der Waals surface area contributed by atoms with Crippen molar-refractivity contribution in [3.8, 4) is 0 Å². The van der Waals surface area contributed by atoms with Crippen molar-refractivity contribution >= 4 is 11.4 Å². The molecule has 7 aliphatic heterocycles. The highest BCUT2D eigenvalue weighted by Gasteiger charge is 2.75. The summed E-state index contributed by atoms with van der Waals surface area (Å²) in [5, 5.41) is 20.9. The molecule has 9 aliphatic rings. The van der Waals surface area contributed by atoms with Crippen molar-refractivity contribution in [3.05, 3.63) is 132 Å². The van der Waals surface area contributed by atoms with Crippen LogP contribution in [0.15, 0.2) is 121 Å². The Kier molecular flexibility index (Phi) is 7.80. The van der Waals surface area contributed by atoms with E-state index in [1.54, 1.807) is 11.1 Å². The second-order valence-electron chi connectivity index (χ2n) is 17.2. The third-order valence-electron chi connectivity index (χ3n) is 15.9. The quantitative estimate of drug-likeness (QED) is 0.310. The van der Waals surface area contributed by atoms with Gasteiger partial charge in [-0.15, -0.1) is 0 Å². The Morgan fingerprint density at radius 1 is 0.673 bits per heavy atom. The summed E-state index contributed by atoms with van der Waals surface area (Å²) in [5.74, 6) is 0.615. The average molecular weight is 738 g/mol. The molecule has 2 aromatic rings. The van der Waals surface area contributed by atoms with Crippen LogP contribution in [0.3, 0.4) is 0 Å². The Morgan fingerprint density at radius 3 is 1.50 bits per heavy atom. The fourth-order valence-electron chi connectivity index (χ4n) is 14.6. The third-order valence-corrected chi connectivity index (χ3v) is 15.9. The predicted octanol–water partition coefficient (Wildman–Crippen LogP) is -0.516. The summed E-state index contributed by atoms with van der Waals surface area (Å²) >= 11 is 0. The van der Waals surface area contributed by atoms with Crippen LogP contribution in [0.1, 0.15) is 36.8 Å². The molecule has 2 N–H and O–H groups in total. The smallest absolute Gasteiger partial charge is 0.103 e. The average Bonchev–Trinajstić information content (AvgIpc) is 3.81. The second-order valence-corrected chi connectivity index (χ2v) is 17.2. The summed E-state index contributed by atoms with van der Waals surface area (Å²) in [6, 6.07) is 20.3. The van der Waals surface area contributed by atoms with Crippen LogP contribution in [0.5, 0.6) is 0 Å². The molecule has 7 heterocycles. The monoisotopic (exact) mass is 736 g/mol. The van der Waals surface area contributed by atoms with Gasteiger partial charge in [0.1, 0.15) is 25.2 Å². The Labute approximate surface area is 320 Å². The van der Waals surface area contributed by atoms with E-state index in [0.29, 0.717) is 23.9 Å². The van der Waals surface area contributed by atoms with E-state index in [2.05, 4.69) is 108 Å². The van der Waals surface area contributed by atoms with Gasteiger partial charge in [-0.2, -0.15) is 0 Å².